The molecule has 1 aliphatic carbocycles. The molecule has 0 N–H and O–H groups in total. The van der Waals surface area contributed by atoms with Crippen molar-refractivity contribution in [3.05, 3.63) is 64.2 Å². The Morgan fingerprint density at radius 3 is 2.05 bits per heavy atom. The average molecular weight is 585 g/mol. The van der Waals surface area contributed by atoms with E-state index in [1.54, 1.807) is 24.3 Å². The van der Waals surface area contributed by atoms with Crippen LogP contribution in [0.5, 0.6) is 17.2 Å². The van der Waals surface area contributed by atoms with Gasteiger partial charge >= 0.3 is 5.97 Å². The van der Waals surface area contributed by atoms with E-state index < -0.39 is 32.0 Å². The summed E-state index contributed by atoms with van der Waals surface area (Å²) in [7, 11) is 0.487. The van der Waals surface area contributed by atoms with E-state index >= 15 is 0 Å². The number of ketones is 2. The van der Waals surface area contributed by atoms with Crippen molar-refractivity contribution < 1.29 is 42.5 Å². The summed E-state index contributed by atoms with van der Waals surface area (Å²) in [4.78, 5) is 39.5. The van der Waals surface area contributed by atoms with Crippen molar-refractivity contribution in [3.63, 3.8) is 0 Å². The molecule has 0 spiro atoms. The molecule has 10 heteroatoms. The van der Waals surface area contributed by atoms with Crippen LogP contribution in [-0.2, 0) is 25.1 Å². The lowest BCUT2D eigenvalue weighted by atomic mass is 9.84. The number of allylic oxidation sites excluding steroid dienone is 1. The number of aryl methyl sites for hydroxylation is 1. The minimum absolute atomic E-state index is 0.0897. The van der Waals surface area contributed by atoms with E-state index in [4.69, 9.17) is 28.1 Å². The third-order valence-electron chi connectivity index (χ3n) is 7.20. The molecule has 0 bridgehead atoms. The third-order valence-corrected chi connectivity index (χ3v) is 11.7. The maximum Gasteiger partial charge on any atom is 0.308 e. The van der Waals surface area contributed by atoms with Crippen LogP contribution in [0.4, 0.5) is 0 Å². The maximum atomic E-state index is 14.3. The predicted molar refractivity (Wildman–Crippen MR) is 156 cm³/mol. The molecule has 9 nitrogen and oxygen atoms in total. The summed E-state index contributed by atoms with van der Waals surface area (Å²) < 4.78 is 33.6. The topological polar surface area (TPSA) is 107 Å². The smallest absolute Gasteiger partial charge is 0.308 e. The van der Waals surface area contributed by atoms with Crippen molar-refractivity contribution in [1.82, 2.24) is 0 Å². The van der Waals surface area contributed by atoms with Crippen molar-refractivity contribution >= 4 is 25.9 Å². The average Bonchev–Trinajstić information content (AvgIpc) is 2.86. The molecule has 0 radical (unpaired) electrons. The molecular formula is C31H40O9Si. The summed E-state index contributed by atoms with van der Waals surface area (Å²) in [6.45, 7) is 13.5. The molecule has 1 aliphatic rings. The van der Waals surface area contributed by atoms with Crippen molar-refractivity contribution in [2.75, 3.05) is 27.8 Å². The van der Waals surface area contributed by atoms with Gasteiger partial charge in [-0.25, -0.2) is 0 Å². The largest absolute Gasteiger partial charge is 0.467 e. The fourth-order valence-electron chi connectivity index (χ4n) is 4.31. The first-order valence-electron chi connectivity index (χ1n) is 13.4. The molecule has 222 valence electrons. The van der Waals surface area contributed by atoms with Crippen LogP contribution in [0.25, 0.3) is 0 Å². The zero-order valence-electron chi connectivity index (χ0n) is 25.3. The maximum absolute atomic E-state index is 14.3. The third kappa shape index (κ3) is 7.71. The van der Waals surface area contributed by atoms with Crippen LogP contribution >= 0.6 is 0 Å². The van der Waals surface area contributed by atoms with Crippen molar-refractivity contribution in [3.8, 4) is 17.2 Å². The molecule has 2 aromatic carbocycles. The molecule has 0 unspecified atom stereocenters. The highest BCUT2D eigenvalue weighted by molar-refractivity contribution is 6.74. The van der Waals surface area contributed by atoms with Gasteiger partial charge in [0, 0.05) is 33.1 Å². The van der Waals surface area contributed by atoms with E-state index in [0.29, 0.717) is 5.75 Å². The van der Waals surface area contributed by atoms with Crippen molar-refractivity contribution in [2.45, 2.75) is 65.3 Å². The van der Waals surface area contributed by atoms with Gasteiger partial charge in [0.25, 0.3) is 0 Å². The number of hydrogen-bond donors (Lipinski definition) is 0. The van der Waals surface area contributed by atoms with Crippen LogP contribution in [0, 0.1) is 6.92 Å². The summed E-state index contributed by atoms with van der Waals surface area (Å²) in [5, 5.41) is -0.172. The number of rotatable bonds is 12. The first-order chi connectivity index (χ1) is 19.2. The molecule has 0 heterocycles. The zero-order chi connectivity index (χ0) is 30.5. The first kappa shape index (κ1) is 32.2. The molecule has 0 saturated heterocycles. The SMILES string of the molecule is COCOc1ccc(OCOC)c2c1C(=O)C=C([C@@H](Cc1cc(C)cc(OC(C)=O)c1)O[Si](C)(C)C(C)(C)C)C2=O. The summed E-state index contributed by atoms with van der Waals surface area (Å²) in [6, 6.07) is 8.61. The van der Waals surface area contributed by atoms with Crippen molar-refractivity contribution in [2.24, 2.45) is 0 Å². The number of hydrogen-bond acceptors (Lipinski definition) is 9. The number of methoxy groups -OCH3 is 2. The fourth-order valence-corrected chi connectivity index (χ4v) is 5.59. The minimum atomic E-state index is -2.45. The molecule has 0 aliphatic heterocycles. The molecule has 0 saturated carbocycles. The Bertz CT molecular complexity index is 1340. The lowest BCUT2D eigenvalue weighted by Gasteiger charge is -2.40. The van der Waals surface area contributed by atoms with Gasteiger partial charge in [0.2, 0.25) is 0 Å². The van der Waals surface area contributed by atoms with E-state index in [1.165, 1.54) is 27.2 Å². The van der Waals surface area contributed by atoms with Gasteiger partial charge in [-0.05, 0) is 66.5 Å². The van der Waals surface area contributed by atoms with Gasteiger partial charge < -0.3 is 28.1 Å². The van der Waals surface area contributed by atoms with Gasteiger partial charge in [0.05, 0.1) is 17.2 Å². The molecule has 2 aromatic rings. The van der Waals surface area contributed by atoms with E-state index in [2.05, 4.69) is 33.9 Å². The summed E-state index contributed by atoms with van der Waals surface area (Å²) in [6.07, 6.45) is 0.855. The Morgan fingerprint density at radius 1 is 0.927 bits per heavy atom. The summed E-state index contributed by atoms with van der Waals surface area (Å²) in [5.74, 6) is -0.416. The number of esters is 1. The first-order valence-corrected chi connectivity index (χ1v) is 16.3. The van der Waals surface area contributed by atoms with Crippen LogP contribution in [-0.4, -0.2) is 59.8 Å². The Labute approximate surface area is 242 Å². The van der Waals surface area contributed by atoms with E-state index in [9.17, 15) is 14.4 Å². The number of benzene rings is 2. The zero-order valence-corrected chi connectivity index (χ0v) is 26.3. The fraction of sp³-hybridized carbons (Fsp3) is 0.452. The summed E-state index contributed by atoms with van der Waals surface area (Å²) >= 11 is 0. The minimum Gasteiger partial charge on any atom is -0.467 e. The highest BCUT2D eigenvalue weighted by Crippen LogP contribution is 2.42. The Kier molecular flexibility index (Phi) is 10.3. The quantitative estimate of drug-likeness (QED) is 0.132. The standard InChI is InChI=1S/C31H40O9Si/c1-19-12-21(14-22(13-19)39-20(2)32)15-27(40-41(8,9)31(3,4)5)23-16-24(33)28-25(37-17-35-6)10-11-26(38-18-36-7)29(28)30(23)34/h10-14,16,27H,15,17-18H2,1-9H3/t27-/m1/s1. The Hall–Kier alpha value is -3.31. The highest BCUT2D eigenvalue weighted by Gasteiger charge is 2.43. The van der Waals surface area contributed by atoms with Gasteiger partial charge in [-0.15, -0.1) is 0 Å². The monoisotopic (exact) mass is 584 g/mol. The number of fused-ring (bicyclic) bond motifs is 1. The molecule has 1 atom stereocenters. The highest BCUT2D eigenvalue weighted by atomic mass is 28.4. The van der Waals surface area contributed by atoms with Crippen molar-refractivity contribution in [1.29, 1.82) is 0 Å². The van der Waals surface area contributed by atoms with Crippen LogP contribution < -0.4 is 14.2 Å². The van der Waals surface area contributed by atoms with E-state index in [0.717, 1.165) is 11.1 Å². The second kappa shape index (κ2) is 13.1. The Balaban J connectivity index is 2.15. The molecular weight excluding hydrogens is 544 g/mol. The van der Waals surface area contributed by atoms with Gasteiger partial charge in [0.15, 0.2) is 33.5 Å². The molecule has 3 rings (SSSR count). The summed E-state index contributed by atoms with van der Waals surface area (Å²) in [5.41, 5.74) is 2.08. The molecule has 0 fully saturated rings. The van der Waals surface area contributed by atoms with E-state index in [-0.39, 0.29) is 53.2 Å². The van der Waals surface area contributed by atoms with Crippen LogP contribution in [0.1, 0.15) is 59.5 Å². The van der Waals surface area contributed by atoms with Gasteiger partial charge in [0.1, 0.15) is 17.2 Å². The van der Waals surface area contributed by atoms with E-state index in [1.807, 2.05) is 13.0 Å². The second-order valence-corrected chi connectivity index (χ2v) is 16.3. The van der Waals surface area contributed by atoms with Gasteiger partial charge in [-0.1, -0.05) is 26.8 Å². The molecule has 41 heavy (non-hydrogen) atoms. The Morgan fingerprint density at radius 2 is 1.51 bits per heavy atom. The number of Topliss-reactive ketones (excluding diaryl/α,β-unsaturated/α-hetero) is 1. The van der Waals surface area contributed by atoms with Gasteiger partial charge in [-0.3, -0.25) is 14.4 Å². The predicted octanol–water partition coefficient (Wildman–Crippen LogP) is 5.82. The lowest BCUT2D eigenvalue weighted by Crippen LogP contribution is -2.46. The number of carbonyl (C=O) groups is 3. The number of carbonyl (C=O) groups excluding carboxylic acids is 3. The van der Waals surface area contributed by atoms with Gasteiger partial charge in [-0.2, -0.15) is 0 Å². The van der Waals surface area contributed by atoms with Crippen LogP contribution in [0.3, 0.4) is 0 Å². The molecule has 0 amide bonds. The van der Waals surface area contributed by atoms with Crippen LogP contribution in [0.15, 0.2) is 42.0 Å². The molecule has 0 aromatic heterocycles. The lowest BCUT2D eigenvalue weighted by molar-refractivity contribution is -0.131. The van der Waals surface area contributed by atoms with Crippen LogP contribution in [0.2, 0.25) is 18.1 Å². The second-order valence-electron chi connectivity index (χ2n) is 11.5. The number of ether oxygens (including phenoxy) is 5. The normalized spacial score (nSPS) is 14.3.